The number of fused-ring (bicyclic) bond motifs is 3. The first-order chi connectivity index (χ1) is 6.84. The van der Waals surface area contributed by atoms with Crippen molar-refractivity contribution in [2.45, 2.75) is 0 Å². The second-order valence-electron chi connectivity index (χ2n) is 2.92. The molecule has 14 heavy (non-hydrogen) atoms. The van der Waals surface area contributed by atoms with Gasteiger partial charge < -0.3 is 4.98 Å². The number of nitrogens with one attached hydrogen (secondary N) is 1. The zero-order chi connectivity index (χ0) is 9.54. The van der Waals surface area contributed by atoms with Gasteiger partial charge in [-0.25, -0.2) is 9.97 Å². The Hall–Kier alpha value is -1.75. The molecule has 0 atom stereocenters. The standard InChI is InChI=1S/C9H5N3OS/c13-9-12-6-2-1-5-3-10-4-11-7(5)8(6)14-9/h1-4H,(H,12,13). The van der Waals surface area contributed by atoms with Crippen molar-refractivity contribution >= 4 is 32.5 Å². The minimum absolute atomic E-state index is 0.0499. The van der Waals surface area contributed by atoms with Crippen LogP contribution >= 0.6 is 11.3 Å². The van der Waals surface area contributed by atoms with Crippen LogP contribution in [0.15, 0.2) is 29.5 Å². The minimum atomic E-state index is -0.0499. The first-order valence-electron chi connectivity index (χ1n) is 4.06. The summed E-state index contributed by atoms with van der Waals surface area (Å²) in [5.74, 6) is 0. The van der Waals surface area contributed by atoms with E-state index < -0.39 is 0 Å². The molecule has 0 unspecified atom stereocenters. The van der Waals surface area contributed by atoms with Gasteiger partial charge in [0.2, 0.25) is 0 Å². The van der Waals surface area contributed by atoms with Gasteiger partial charge in [-0.2, -0.15) is 0 Å². The van der Waals surface area contributed by atoms with Crippen molar-refractivity contribution in [2.24, 2.45) is 0 Å². The van der Waals surface area contributed by atoms with Crippen LogP contribution in [-0.4, -0.2) is 15.0 Å². The highest BCUT2D eigenvalue weighted by Gasteiger charge is 2.04. The van der Waals surface area contributed by atoms with E-state index in [1.807, 2.05) is 12.1 Å². The molecule has 5 heteroatoms. The molecule has 2 aromatic heterocycles. The van der Waals surface area contributed by atoms with Gasteiger partial charge in [0.1, 0.15) is 6.33 Å². The molecule has 2 heterocycles. The highest BCUT2D eigenvalue weighted by Crippen LogP contribution is 2.22. The maximum atomic E-state index is 11.2. The number of aromatic amines is 1. The third kappa shape index (κ3) is 0.958. The zero-order valence-electron chi connectivity index (χ0n) is 7.02. The zero-order valence-corrected chi connectivity index (χ0v) is 7.84. The van der Waals surface area contributed by atoms with Crippen molar-refractivity contribution in [3.8, 4) is 0 Å². The lowest BCUT2D eigenvalue weighted by Crippen LogP contribution is -1.89. The van der Waals surface area contributed by atoms with E-state index in [-0.39, 0.29) is 4.87 Å². The molecule has 1 N–H and O–H groups in total. The second kappa shape index (κ2) is 2.62. The van der Waals surface area contributed by atoms with Gasteiger partial charge in [-0.15, -0.1) is 0 Å². The molecule has 0 radical (unpaired) electrons. The molecule has 0 fully saturated rings. The van der Waals surface area contributed by atoms with Gasteiger partial charge >= 0.3 is 4.87 Å². The predicted octanol–water partition coefficient (Wildman–Crippen LogP) is 1.53. The van der Waals surface area contributed by atoms with Gasteiger partial charge in [-0.1, -0.05) is 11.3 Å². The number of thiazole rings is 1. The van der Waals surface area contributed by atoms with Crippen LogP contribution in [0.25, 0.3) is 21.1 Å². The Morgan fingerprint density at radius 1 is 1.36 bits per heavy atom. The van der Waals surface area contributed by atoms with E-state index in [9.17, 15) is 4.79 Å². The molecule has 0 aliphatic heterocycles. The number of nitrogens with zero attached hydrogens (tertiary/aromatic N) is 2. The van der Waals surface area contributed by atoms with E-state index in [0.717, 1.165) is 21.1 Å². The normalized spacial score (nSPS) is 11.1. The van der Waals surface area contributed by atoms with Crippen LogP contribution in [0.3, 0.4) is 0 Å². The second-order valence-corrected chi connectivity index (χ2v) is 3.90. The summed E-state index contributed by atoms with van der Waals surface area (Å²) in [5, 5.41) is 0.954. The monoisotopic (exact) mass is 203 g/mol. The molecule has 68 valence electrons. The summed E-state index contributed by atoms with van der Waals surface area (Å²) < 4.78 is 0.898. The summed E-state index contributed by atoms with van der Waals surface area (Å²) in [6.45, 7) is 0. The predicted molar refractivity (Wildman–Crippen MR) is 55.5 cm³/mol. The van der Waals surface area contributed by atoms with Crippen molar-refractivity contribution < 1.29 is 0 Å². The van der Waals surface area contributed by atoms with Gasteiger partial charge in [0, 0.05) is 11.6 Å². The van der Waals surface area contributed by atoms with Crippen LogP contribution in [0.2, 0.25) is 0 Å². The van der Waals surface area contributed by atoms with Crippen molar-refractivity contribution in [1.82, 2.24) is 15.0 Å². The quantitative estimate of drug-likeness (QED) is 0.602. The average Bonchev–Trinajstić information content (AvgIpc) is 2.59. The summed E-state index contributed by atoms with van der Waals surface area (Å²) >= 11 is 1.18. The highest BCUT2D eigenvalue weighted by molar-refractivity contribution is 7.17. The molecule has 0 spiro atoms. The summed E-state index contributed by atoms with van der Waals surface area (Å²) in [5.41, 5.74) is 1.67. The van der Waals surface area contributed by atoms with E-state index in [1.54, 1.807) is 6.20 Å². The lowest BCUT2D eigenvalue weighted by Gasteiger charge is -1.95. The number of hydrogen-bond donors (Lipinski definition) is 1. The Bertz CT molecular complexity index is 670. The van der Waals surface area contributed by atoms with Crippen molar-refractivity contribution in [1.29, 1.82) is 0 Å². The van der Waals surface area contributed by atoms with Crippen LogP contribution in [0.5, 0.6) is 0 Å². The highest BCUT2D eigenvalue weighted by atomic mass is 32.1. The maximum Gasteiger partial charge on any atom is 0.305 e. The fourth-order valence-corrected chi connectivity index (χ4v) is 2.30. The fraction of sp³-hybridized carbons (Fsp3) is 0. The molecular weight excluding hydrogens is 198 g/mol. The number of benzene rings is 1. The number of hydrogen-bond acceptors (Lipinski definition) is 4. The van der Waals surface area contributed by atoms with Crippen LogP contribution in [0.4, 0.5) is 0 Å². The third-order valence-corrected chi connectivity index (χ3v) is 2.97. The SMILES string of the molecule is O=c1[nH]c2ccc3cncnc3c2s1. The molecule has 3 rings (SSSR count). The third-order valence-electron chi connectivity index (χ3n) is 2.06. The Balaban J connectivity index is 2.66. The van der Waals surface area contributed by atoms with Crippen molar-refractivity contribution in [2.75, 3.05) is 0 Å². The minimum Gasteiger partial charge on any atom is -0.312 e. The molecule has 0 aliphatic rings. The lowest BCUT2D eigenvalue weighted by molar-refractivity contribution is 1.23. The van der Waals surface area contributed by atoms with Crippen LogP contribution < -0.4 is 4.87 Å². The van der Waals surface area contributed by atoms with Crippen LogP contribution in [-0.2, 0) is 0 Å². The van der Waals surface area contributed by atoms with E-state index in [4.69, 9.17) is 0 Å². The Kier molecular flexibility index (Phi) is 1.43. The van der Waals surface area contributed by atoms with Crippen molar-refractivity contribution in [3.05, 3.63) is 34.3 Å². The first kappa shape index (κ1) is 7.64. The molecule has 0 amide bonds. The van der Waals surface area contributed by atoms with E-state index in [1.165, 1.54) is 17.7 Å². The smallest absolute Gasteiger partial charge is 0.305 e. The molecule has 4 nitrogen and oxygen atoms in total. The summed E-state index contributed by atoms with van der Waals surface area (Å²) in [6.07, 6.45) is 3.23. The Morgan fingerprint density at radius 2 is 2.29 bits per heavy atom. The largest absolute Gasteiger partial charge is 0.312 e. The average molecular weight is 203 g/mol. The van der Waals surface area contributed by atoms with Crippen LogP contribution in [0.1, 0.15) is 0 Å². The molecule has 1 aromatic carbocycles. The molecule has 0 saturated heterocycles. The van der Waals surface area contributed by atoms with Gasteiger partial charge in [0.15, 0.2) is 0 Å². The van der Waals surface area contributed by atoms with Crippen LogP contribution in [0, 0.1) is 0 Å². The summed E-state index contributed by atoms with van der Waals surface area (Å²) in [4.78, 5) is 22.0. The number of H-pyrrole nitrogens is 1. The molecule has 0 saturated carbocycles. The topological polar surface area (TPSA) is 58.6 Å². The van der Waals surface area contributed by atoms with Crippen molar-refractivity contribution in [3.63, 3.8) is 0 Å². The van der Waals surface area contributed by atoms with E-state index >= 15 is 0 Å². The lowest BCUT2D eigenvalue weighted by atomic mass is 10.2. The van der Waals surface area contributed by atoms with Gasteiger partial charge in [0.25, 0.3) is 0 Å². The molecule has 3 aromatic rings. The van der Waals surface area contributed by atoms with Gasteiger partial charge in [-0.3, -0.25) is 4.79 Å². The fourth-order valence-electron chi connectivity index (χ4n) is 1.46. The molecular formula is C9H5N3OS. The van der Waals surface area contributed by atoms with Gasteiger partial charge in [0.05, 0.1) is 15.7 Å². The van der Waals surface area contributed by atoms with E-state index in [0.29, 0.717) is 0 Å². The van der Waals surface area contributed by atoms with E-state index in [2.05, 4.69) is 15.0 Å². The van der Waals surface area contributed by atoms with Gasteiger partial charge in [-0.05, 0) is 12.1 Å². The Labute approximate surface area is 82.3 Å². The number of aromatic nitrogens is 3. The Morgan fingerprint density at radius 3 is 3.21 bits per heavy atom. The molecule has 0 aliphatic carbocycles. The first-order valence-corrected chi connectivity index (χ1v) is 4.88. The maximum absolute atomic E-state index is 11.2. The summed E-state index contributed by atoms with van der Waals surface area (Å²) in [6, 6.07) is 3.78. The summed E-state index contributed by atoms with van der Waals surface area (Å²) in [7, 11) is 0. The number of rotatable bonds is 0. The molecule has 0 bridgehead atoms.